The average molecular weight is 382 g/mol. The van der Waals surface area contributed by atoms with Crippen LogP contribution in [0, 0.1) is 0 Å². The minimum absolute atomic E-state index is 0.210. The van der Waals surface area contributed by atoms with Crippen molar-refractivity contribution in [3.8, 4) is 11.1 Å². The van der Waals surface area contributed by atoms with E-state index in [0.717, 1.165) is 40.7 Å². The van der Waals surface area contributed by atoms with Crippen LogP contribution in [0.25, 0.3) is 27.7 Å². The lowest BCUT2D eigenvalue weighted by molar-refractivity contribution is 0.349. The van der Waals surface area contributed by atoms with E-state index in [9.17, 15) is 4.79 Å². The number of rotatable bonds is 6. The van der Waals surface area contributed by atoms with Gasteiger partial charge in [0.1, 0.15) is 0 Å². The third-order valence-electron chi connectivity index (χ3n) is 4.72. The van der Waals surface area contributed by atoms with Gasteiger partial charge >= 0.3 is 5.69 Å². The summed E-state index contributed by atoms with van der Waals surface area (Å²) < 4.78 is 1.65. The number of benzene rings is 1. The van der Waals surface area contributed by atoms with E-state index in [2.05, 4.69) is 76.5 Å². The summed E-state index contributed by atoms with van der Waals surface area (Å²) >= 11 is 1.67. The van der Waals surface area contributed by atoms with Crippen LogP contribution in [0.1, 0.15) is 12.5 Å². The van der Waals surface area contributed by atoms with Gasteiger partial charge in [0.15, 0.2) is 5.65 Å². The number of aromatic nitrogens is 3. The number of pyridine rings is 1. The number of hydrogen-bond acceptors (Lipinski definition) is 5. The van der Waals surface area contributed by atoms with Crippen molar-refractivity contribution in [3.05, 3.63) is 57.1 Å². The van der Waals surface area contributed by atoms with Crippen molar-refractivity contribution in [1.29, 1.82) is 0 Å². The van der Waals surface area contributed by atoms with Crippen molar-refractivity contribution in [3.63, 3.8) is 0 Å². The van der Waals surface area contributed by atoms with Gasteiger partial charge in [-0.1, -0.05) is 12.1 Å². The van der Waals surface area contributed by atoms with Crippen LogP contribution < -0.4 is 11.0 Å². The van der Waals surface area contributed by atoms with E-state index in [1.165, 1.54) is 0 Å². The number of likely N-dealkylation sites (N-methyl/N-ethyl adjacent to an activating group) is 1. The monoisotopic (exact) mass is 381 g/mol. The van der Waals surface area contributed by atoms with E-state index in [0.29, 0.717) is 11.7 Å². The quantitative estimate of drug-likeness (QED) is 0.539. The van der Waals surface area contributed by atoms with Gasteiger partial charge in [0.05, 0.1) is 5.52 Å². The summed E-state index contributed by atoms with van der Waals surface area (Å²) in [7, 11) is 4.14. The fourth-order valence-corrected chi connectivity index (χ4v) is 4.18. The molecule has 0 saturated carbocycles. The standard InChI is InChI=1S/C20H23N5OS/c1-13(11-24(2)3)21-10-16-9-19-22-23-20(26)25(19)18-8-14(4-5-17(16)18)15-6-7-27-12-15/h4-9,12-13,21H,10-11H2,1-3H3,(H,23,26). The molecular formula is C20H23N5OS. The van der Waals surface area contributed by atoms with Crippen LogP contribution in [0.15, 0.2) is 45.9 Å². The summed E-state index contributed by atoms with van der Waals surface area (Å²) in [6.45, 7) is 3.86. The number of hydrogen-bond donors (Lipinski definition) is 2. The Morgan fingerprint density at radius 2 is 2.11 bits per heavy atom. The second kappa shape index (κ2) is 7.26. The summed E-state index contributed by atoms with van der Waals surface area (Å²) in [5, 5.41) is 15.6. The van der Waals surface area contributed by atoms with Gasteiger partial charge in [0.2, 0.25) is 0 Å². The fourth-order valence-electron chi connectivity index (χ4n) is 3.51. The molecule has 4 aromatic rings. The zero-order valence-electron chi connectivity index (χ0n) is 15.7. The van der Waals surface area contributed by atoms with Gasteiger partial charge in [-0.25, -0.2) is 14.3 Å². The molecule has 1 aromatic carbocycles. The molecule has 7 heteroatoms. The van der Waals surface area contributed by atoms with Gasteiger partial charge in [0.25, 0.3) is 0 Å². The zero-order chi connectivity index (χ0) is 19.0. The molecule has 140 valence electrons. The fraction of sp³-hybridized carbons (Fsp3) is 0.300. The smallest absolute Gasteiger partial charge is 0.309 e. The third-order valence-corrected chi connectivity index (χ3v) is 5.40. The van der Waals surface area contributed by atoms with Crippen molar-refractivity contribution in [1.82, 2.24) is 24.8 Å². The van der Waals surface area contributed by atoms with Crippen LogP contribution in [0.3, 0.4) is 0 Å². The molecule has 4 rings (SSSR count). The predicted octanol–water partition coefficient (Wildman–Crippen LogP) is 2.94. The molecule has 6 nitrogen and oxygen atoms in total. The first-order valence-corrected chi connectivity index (χ1v) is 9.90. The lowest BCUT2D eigenvalue weighted by atomic mass is 10.0. The Kier molecular flexibility index (Phi) is 4.82. The van der Waals surface area contributed by atoms with Crippen molar-refractivity contribution < 1.29 is 0 Å². The number of nitrogens with one attached hydrogen (secondary N) is 2. The van der Waals surface area contributed by atoms with Crippen LogP contribution in [0.2, 0.25) is 0 Å². The second-order valence-corrected chi connectivity index (χ2v) is 7.96. The maximum atomic E-state index is 12.3. The summed E-state index contributed by atoms with van der Waals surface area (Å²) in [4.78, 5) is 14.5. The second-order valence-electron chi connectivity index (χ2n) is 7.18. The highest BCUT2D eigenvalue weighted by atomic mass is 32.1. The van der Waals surface area contributed by atoms with Crippen molar-refractivity contribution in [2.24, 2.45) is 0 Å². The highest BCUT2D eigenvalue weighted by Crippen LogP contribution is 2.28. The Balaban J connectivity index is 1.80. The first-order chi connectivity index (χ1) is 13.0. The van der Waals surface area contributed by atoms with Crippen LogP contribution in [-0.4, -0.2) is 46.2 Å². The summed E-state index contributed by atoms with van der Waals surface area (Å²) in [5.74, 6) is 0. The number of H-pyrrole nitrogens is 1. The molecule has 0 spiro atoms. The number of aromatic amines is 1. The van der Waals surface area contributed by atoms with Gasteiger partial charge in [-0.05, 0) is 66.7 Å². The average Bonchev–Trinajstić information content (AvgIpc) is 3.29. The molecule has 2 N–H and O–H groups in total. The largest absolute Gasteiger partial charge is 0.348 e. The van der Waals surface area contributed by atoms with E-state index < -0.39 is 0 Å². The highest BCUT2D eigenvalue weighted by molar-refractivity contribution is 7.08. The molecule has 3 heterocycles. The first kappa shape index (κ1) is 17.9. The molecular weight excluding hydrogens is 358 g/mol. The minimum atomic E-state index is -0.210. The topological polar surface area (TPSA) is 65.4 Å². The molecule has 0 bridgehead atoms. The van der Waals surface area contributed by atoms with E-state index in [1.54, 1.807) is 15.7 Å². The first-order valence-electron chi connectivity index (χ1n) is 8.96. The highest BCUT2D eigenvalue weighted by Gasteiger charge is 2.13. The Labute approximate surface area is 161 Å². The number of fused-ring (bicyclic) bond motifs is 3. The number of thiophene rings is 1. The molecule has 27 heavy (non-hydrogen) atoms. The van der Waals surface area contributed by atoms with E-state index in [4.69, 9.17) is 0 Å². The zero-order valence-corrected chi connectivity index (χ0v) is 16.5. The van der Waals surface area contributed by atoms with Crippen LogP contribution in [0.5, 0.6) is 0 Å². The summed E-state index contributed by atoms with van der Waals surface area (Å²) in [6, 6.07) is 10.7. The molecule has 3 aromatic heterocycles. The van der Waals surface area contributed by atoms with Gasteiger partial charge < -0.3 is 10.2 Å². The van der Waals surface area contributed by atoms with Gasteiger partial charge in [0, 0.05) is 24.5 Å². The predicted molar refractivity (Wildman–Crippen MR) is 111 cm³/mol. The molecule has 0 amide bonds. The normalized spacial score (nSPS) is 13.0. The Hall–Kier alpha value is -2.48. The van der Waals surface area contributed by atoms with Crippen molar-refractivity contribution in [2.75, 3.05) is 20.6 Å². The molecule has 1 atom stereocenters. The molecule has 0 radical (unpaired) electrons. The third kappa shape index (κ3) is 3.53. The molecule has 0 aliphatic heterocycles. The maximum Gasteiger partial charge on any atom is 0.348 e. The molecule has 0 aliphatic carbocycles. The SMILES string of the molecule is CC(CN(C)C)NCc1cc2n[nH]c(=O)n2c2cc(-c3ccsc3)ccc12. The summed E-state index contributed by atoms with van der Waals surface area (Å²) in [6.07, 6.45) is 0. The van der Waals surface area contributed by atoms with E-state index in [1.807, 2.05) is 6.07 Å². The van der Waals surface area contributed by atoms with Gasteiger partial charge in [-0.3, -0.25) is 0 Å². The molecule has 0 saturated heterocycles. The van der Waals surface area contributed by atoms with Crippen molar-refractivity contribution >= 4 is 27.9 Å². The number of nitrogens with zero attached hydrogens (tertiary/aromatic N) is 3. The lowest BCUT2D eigenvalue weighted by Crippen LogP contribution is -2.35. The van der Waals surface area contributed by atoms with E-state index >= 15 is 0 Å². The summed E-state index contributed by atoms with van der Waals surface area (Å²) in [5.41, 5.74) is 4.72. The van der Waals surface area contributed by atoms with Crippen LogP contribution in [0.4, 0.5) is 0 Å². The van der Waals surface area contributed by atoms with Gasteiger partial charge in [-0.15, -0.1) is 0 Å². The molecule has 0 fully saturated rings. The van der Waals surface area contributed by atoms with Crippen LogP contribution >= 0.6 is 11.3 Å². The lowest BCUT2D eigenvalue weighted by Gasteiger charge is -2.19. The Morgan fingerprint density at radius 1 is 1.26 bits per heavy atom. The Morgan fingerprint density at radius 3 is 2.85 bits per heavy atom. The molecule has 1 unspecified atom stereocenters. The van der Waals surface area contributed by atoms with Gasteiger partial charge in [-0.2, -0.15) is 16.4 Å². The maximum absolute atomic E-state index is 12.3. The van der Waals surface area contributed by atoms with Crippen molar-refractivity contribution in [2.45, 2.75) is 19.5 Å². The molecule has 0 aliphatic rings. The minimum Gasteiger partial charge on any atom is -0.309 e. The van der Waals surface area contributed by atoms with Crippen LogP contribution in [-0.2, 0) is 6.54 Å². The Bertz CT molecular complexity index is 1130. The van der Waals surface area contributed by atoms with E-state index in [-0.39, 0.29) is 5.69 Å².